The van der Waals surface area contributed by atoms with Gasteiger partial charge in [0, 0.05) is 18.2 Å². The van der Waals surface area contributed by atoms with E-state index in [0.29, 0.717) is 0 Å². The van der Waals surface area contributed by atoms with Crippen LogP contribution in [0.25, 0.3) is 0 Å². The van der Waals surface area contributed by atoms with Gasteiger partial charge in [-0.05, 0) is 31.0 Å². The van der Waals surface area contributed by atoms with Crippen LogP contribution < -0.4 is 15.4 Å². The lowest BCUT2D eigenvalue weighted by atomic mass is 10.2. The van der Waals surface area contributed by atoms with E-state index in [0.717, 1.165) is 12.8 Å². The summed E-state index contributed by atoms with van der Waals surface area (Å²) in [5.74, 6) is -0.835. The van der Waals surface area contributed by atoms with Crippen molar-refractivity contribution in [2.45, 2.75) is 23.8 Å². The minimum Gasteiger partial charge on any atom is -0.352 e. The molecule has 1 aromatic rings. The summed E-state index contributed by atoms with van der Waals surface area (Å²) in [6.45, 7) is 3.30. The summed E-state index contributed by atoms with van der Waals surface area (Å²) in [7, 11) is -3.86. The summed E-state index contributed by atoms with van der Waals surface area (Å²) in [5, 5.41) is 5.18. The zero-order chi connectivity index (χ0) is 17.7. The number of halogens is 1. The quantitative estimate of drug-likeness (QED) is 0.588. The van der Waals surface area contributed by atoms with Crippen LogP contribution in [0.4, 0.5) is 0 Å². The Bertz CT molecular complexity index is 760. The van der Waals surface area contributed by atoms with Crippen molar-refractivity contribution in [1.29, 1.82) is 0 Å². The second kappa shape index (κ2) is 7.78. The number of sulfonamides is 1. The maximum atomic E-state index is 12.1. The van der Waals surface area contributed by atoms with Crippen molar-refractivity contribution in [2.24, 2.45) is 0 Å². The fourth-order valence-electron chi connectivity index (χ4n) is 1.87. The number of benzene rings is 1. The van der Waals surface area contributed by atoms with E-state index in [1.165, 1.54) is 24.3 Å². The molecule has 0 heterocycles. The van der Waals surface area contributed by atoms with E-state index in [2.05, 4.69) is 21.9 Å². The molecule has 3 N–H and O–H groups in total. The Labute approximate surface area is 145 Å². The van der Waals surface area contributed by atoms with E-state index in [1.54, 1.807) is 0 Å². The molecular weight excluding hydrogens is 354 g/mol. The average molecular weight is 372 g/mol. The van der Waals surface area contributed by atoms with Crippen LogP contribution in [-0.4, -0.2) is 39.4 Å². The fraction of sp³-hybridized carbons (Fsp3) is 0.333. The lowest BCUT2D eigenvalue weighted by molar-refractivity contribution is -0.120. The largest absolute Gasteiger partial charge is 0.352 e. The maximum absolute atomic E-state index is 12.1. The fourth-order valence-corrected chi connectivity index (χ4v) is 3.39. The van der Waals surface area contributed by atoms with Gasteiger partial charge >= 0.3 is 0 Å². The highest BCUT2D eigenvalue weighted by Gasteiger charge is 2.23. The highest BCUT2D eigenvalue weighted by molar-refractivity contribution is 7.89. The van der Waals surface area contributed by atoms with Crippen LogP contribution in [-0.2, 0) is 14.8 Å². The molecule has 0 aromatic heterocycles. The highest BCUT2D eigenvalue weighted by atomic mass is 35.5. The molecule has 1 aromatic carbocycles. The van der Waals surface area contributed by atoms with E-state index < -0.39 is 15.9 Å². The number of amides is 2. The molecule has 24 heavy (non-hydrogen) atoms. The average Bonchev–Trinajstić information content (AvgIpc) is 3.35. The summed E-state index contributed by atoms with van der Waals surface area (Å²) in [5.41, 5.74) is 0.0950. The van der Waals surface area contributed by atoms with Crippen molar-refractivity contribution in [3.05, 3.63) is 41.4 Å². The number of nitrogens with one attached hydrogen (secondary N) is 3. The predicted octanol–water partition coefficient (Wildman–Crippen LogP) is 0.813. The van der Waals surface area contributed by atoms with Gasteiger partial charge in [0.1, 0.15) is 4.90 Å². The van der Waals surface area contributed by atoms with Gasteiger partial charge in [0.25, 0.3) is 5.91 Å². The van der Waals surface area contributed by atoms with E-state index in [1.807, 2.05) is 0 Å². The van der Waals surface area contributed by atoms with Gasteiger partial charge in [0.05, 0.1) is 11.6 Å². The van der Waals surface area contributed by atoms with Gasteiger partial charge in [-0.3, -0.25) is 9.59 Å². The second-order valence-corrected chi connectivity index (χ2v) is 7.45. The van der Waals surface area contributed by atoms with Crippen molar-refractivity contribution in [2.75, 3.05) is 13.1 Å². The molecular formula is C15H18ClN3O4S. The maximum Gasteiger partial charge on any atom is 0.251 e. The Morgan fingerprint density at radius 1 is 1.33 bits per heavy atom. The summed E-state index contributed by atoms with van der Waals surface area (Å²) < 4.78 is 26.6. The van der Waals surface area contributed by atoms with Crippen LogP contribution in [0.2, 0.25) is 5.02 Å². The predicted molar refractivity (Wildman–Crippen MR) is 90.3 cm³/mol. The molecule has 0 radical (unpaired) electrons. The van der Waals surface area contributed by atoms with Crippen molar-refractivity contribution < 1.29 is 18.0 Å². The summed E-state index contributed by atoms with van der Waals surface area (Å²) >= 11 is 5.92. The molecule has 0 unspecified atom stereocenters. The van der Waals surface area contributed by atoms with Crippen LogP contribution in [0.15, 0.2) is 35.7 Å². The first kappa shape index (κ1) is 18.4. The molecule has 1 aliphatic rings. The van der Waals surface area contributed by atoms with Gasteiger partial charge < -0.3 is 10.6 Å². The number of rotatable bonds is 8. The van der Waals surface area contributed by atoms with Crippen molar-refractivity contribution in [3.8, 4) is 0 Å². The number of carbonyl (C=O) groups excluding carboxylic acids is 2. The zero-order valence-electron chi connectivity index (χ0n) is 12.8. The van der Waals surface area contributed by atoms with Gasteiger partial charge in [0.15, 0.2) is 0 Å². The van der Waals surface area contributed by atoms with Crippen LogP contribution in [0.5, 0.6) is 0 Å². The van der Waals surface area contributed by atoms with Gasteiger partial charge in [-0.1, -0.05) is 17.7 Å². The number of hydrogen-bond donors (Lipinski definition) is 3. The first-order valence-electron chi connectivity index (χ1n) is 7.31. The van der Waals surface area contributed by atoms with Crippen LogP contribution in [0.3, 0.4) is 0 Å². The SMILES string of the molecule is C=CCNS(=O)(=O)c1cc(C(=O)NCC(=O)NC2CC2)ccc1Cl. The third kappa shape index (κ3) is 5.05. The monoisotopic (exact) mass is 371 g/mol. The Morgan fingerprint density at radius 2 is 2.04 bits per heavy atom. The first-order chi connectivity index (χ1) is 11.3. The molecule has 1 aliphatic carbocycles. The Balaban J connectivity index is 2.07. The molecule has 9 heteroatoms. The molecule has 1 saturated carbocycles. The third-order valence-corrected chi connectivity index (χ3v) is 5.16. The normalized spacial score (nSPS) is 14.0. The number of carbonyl (C=O) groups is 2. The van der Waals surface area contributed by atoms with Crippen LogP contribution in [0.1, 0.15) is 23.2 Å². The minimum absolute atomic E-state index is 0.00501. The molecule has 0 saturated heterocycles. The Hall–Kier alpha value is -1.90. The Morgan fingerprint density at radius 3 is 2.67 bits per heavy atom. The third-order valence-electron chi connectivity index (χ3n) is 3.25. The zero-order valence-corrected chi connectivity index (χ0v) is 14.4. The van der Waals surface area contributed by atoms with E-state index >= 15 is 0 Å². The van der Waals surface area contributed by atoms with Crippen molar-refractivity contribution >= 4 is 33.4 Å². The standard InChI is InChI=1S/C15H18ClN3O4S/c1-2-7-18-24(22,23)13-8-10(3-6-12(13)16)15(21)17-9-14(20)19-11-4-5-11/h2-3,6,8,11,18H,1,4-5,7,9H2,(H,17,21)(H,19,20). The van der Waals surface area contributed by atoms with Gasteiger partial charge in [-0.2, -0.15) is 0 Å². The lowest BCUT2D eigenvalue weighted by Crippen LogP contribution is -2.37. The molecule has 2 rings (SSSR count). The lowest BCUT2D eigenvalue weighted by Gasteiger charge is -2.10. The van der Waals surface area contributed by atoms with Crippen molar-refractivity contribution in [3.63, 3.8) is 0 Å². The second-order valence-electron chi connectivity index (χ2n) is 5.31. The first-order valence-corrected chi connectivity index (χ1v) is 9.17. The molecule has 0 bridgehead atoms. The minimum atomic E-state index is -3.86. The smallest absolute Gasteiger partial charge is 0.251 e. The van der Waals surface area contributed by atoms with Crippen molar-refractivity contribution in [1.82, 2.24) is 15.4 Å². The molecule has 130 valence electrons. The molecule has 2 amide bonds. The summed E-state index contributed by atoms with van der Waals surface area (Å²) in [6, 6.07) is 4.09. The summed E-state index contributed by atoms with van der Waals surface area (Å²) in [6.07, 6.45) is 3.30. The molecule has 0 atom stereocenters. The summed E-state index contributed by atoms with van der Waals surface area (Å²) in [4.78, 5) is 23.4. The van der Waals surface area contributed by atoms with E-state index in [9.17, 15) is 18.0 Å². The number of hydrogen-bond acceptors (Lipinski definition) is 4. The highest BCUT2D eigenvalue weighted by Crippen LogP contribution is 2.22. The van der Waals surface area contributed by atoms with Gasteiger partial charge in [0.2, 0.25) is 15.9 Å². The van der Waals surface area contributed by atoms with Gasteiger partial charge in [-0.25, -0.2) is 13.1 Å². The van der Waals surface area contributed by atoms with Gasteiger partial charge in [-0.15, -0.1) is 6.58 Å². The molecule has 1 fully saturated rings. The molecule has 0 aliphatic heterocycles. The molecule has 7 nitrogen and oxygen atoms in total. The van der Waals surface area contributed by atoms with E-state index in [-0.39, 0.29) is 40.5 Å². The Kier molecular flexibility index (Phi) is 5.98. The van der Waals surface area contributed by atoms with Crippen LogP contribution >= 0.6 is 11.6 Å². The van der Waals surface area contributed by atoms with E-state index in [4.69, 9.17) is 11.6 Å². The molecule has 0 spiro atoms. The topological polar surface area (TPSA) is 104 Å². The van der Waals surface area contributed by atoms with Crippen LogP contribution in [0, 0.1) is 0 Å².